The minimum Gasteiger partial charge on any atom is -0.317 e. The van der Waals surface area contributed by atoms with Crippen LogP contribution in [0.3, 0.4) is 0 Å². The number of amides is 2. The van der Waals surface area contributed by atoms with Crippen LogP contribution in [0.4, 0.5) is 10.7 Å². The van der Waals surface area contributed by atoms with Crippen molar-refractivity contribution >= 4 is 12.0 Å². The monoisotopic (exact) mass is 353 g/mol. The van der Waals surface area contributed by atoms with Gasteiger partial charge in [0.1, 0.15) is 5.82 Å². The molecule has 6 nitrogen and oxygen atoms in total. The van der Waals surface area contributed by atoms with Crippen molar-refractivity contribution in [1.29, 1.82) is 0 Å². The van der Waals surface area contributed by atoms with Gasteiger partial charge in [-0.25, -0.2) is 4.79 Å². The minimum atomic E-state index is -0.104. The Kier molecular flexibility index (Phi) is 5.18. The molecule has 138 valence electrons. The lowest BCUT2D eigenvalue weighted by atomic mass is 9.89. The molecule has 26 heavy (non-hydrogen) atoms. The summed E-state index contributed by atoms with van der Waals surface area (Å²) >= 11 is 0. The maximum absolute atomic E-state index is 12.9. The van der Waals surface area contributed by atoms with Gasteiger partial charge in [0.2, 0.25) is 5.95 Å². The summed E-state index contributed by atoms with van der Waals surface area (Å²) in [6, 6.07) is 10.3. The van der Waals surface area contributed by atoms with Gasteiger partial charge in [0.15, 0.2) is 0 Å². The van der Waals surface area contributed by atoms with Crippen LogP contribution in [0.15, 0.2) is 30.3 Å². The molecule has 2 fully saturated rings. The van der Waals surface area contributed by atoms with Gasteiger partial charge in [-0.2, -0.15) is 4.98 Å². The van der Waals surface area contributed by atoms with E-state index in [1.807, 2.05) is 23.1 Å². The van der Waals surface area contributed by atoms with Gasteiger partial charge in [0, 0.05) is 12.5 Å². The number of aromatic nitrogens is 3. The summed E-state index contributed by atoms with van der Waals surface area (Å²) in [5.74, 6) is 1.76. The van der Waals surface area contributed by atoms with Gasteiger partial charge in [0.25, 0.3) is 0 Å². The Hall–Kier alpha value is -2.37. The van der Waals surface area contributed by atoms with E-state index in [1.165, 1.54) is 24.8 Å². The third-order valence-electron chi connectivity index (χ3n) is 5.66. The highest BCUT2D eigenvalue weighted by atomic mass is 16.2. The summed E-state index contributed by atoms with van der Waals surface area (Å²) in [6.07, 6.45) is 9.31. The molecular formula is C20H27N5O. The maximum Gasteiger partial charge on any atom is 0.324 e. The highest BCUT2D eigenvalue weighted by Crippen LogP contribution is 2.32. The zero-order valence-electron chi connectivity index (χ0n) is 15.2. The number of nitrogens with one attached hydrogen (secondary N) is 2. The Morgan fingerprint density at radius 2 is 1.81 bits per heavy atom. The van der Waals surface area contributed by atoms with E-state index in [9.17, 15) is 4.79 Å². The molecule has 6 heteroatoms. The molecule has 1 saturated heterocycles. The number of hydrogen-bond acceptors (Lipinski definition) is 3. The van der Waals surface area contributed by atoms with E-state index in [4.69, 9.17) is 0 Å². The molecule has 0 spiro atoms. The van der Waals surface area contributed by atoms with Crippen molar-refractivity contribution in [2.75, 3.05) is 11.9 Å². The SMILES string of the molecule is O=C(Nc1n[nH]c(C2CCCCC2)n1)N1CCCC[C@H]1c1ccccc1. The summed E-state index contributed by atoms with van der Waals surface area (Å²) in [5, 5.41) is 10.2. The molecule has 2 heterocycles. The number of benzene rings is 1. The molecule has 2 amide bonds. The molecule has 1 aliphatic carbocycles. The Morgan fingerprint density at radius 1 is 1.04 bits per heavy atom. The topological polar surface area (TPSA) is 73.9 Å². The zero-order valence-corrected chi connectivity index (χ0v) is 15.2. The summed E-state index contributed by atoms with van der Waals surface area (Å²) in [4.78, 5) is 19.3. The summed E-state index contributed by atoms with van der Waals surface area (Å²) in [6.45, 7) is 0.769. The number of nitrogens with zero attached hydrogens (tertiary/aromatic N) is 3. The molecule has 0 radical (unpaired) electrons. The zero-order chi connectivity index (χ0) is 17.8. The molecule has 2 aromatic rings. The maximum atomic E-state index is 12.9. The van der Waals surface area contributed by atoms with Gasteiger partial charge in [-0.05, 0) is 37.7 Å². The van der Waals surface area contributed by atoms with Crippen molar-refractivity contribution in [3.05, 3.63) is 41.7 Å². The fourth-order valence-electron chi connectivity index (χ4n) is 4.25. The summed E-state index contributed by atoms with van der Waals surface area (Å²) in [5.41, 5.74) is 1.19. The fraction of sp³-hybridized carbons (Fsp3) is 0.550. The van der Waals surface area contributed by atoms with Crippen molar-refractivity contribution in [3.8, 4) is 0 Å². The van der Waals surface area contributed by atoms with Crippen LogP contribution in [0.5, 0.6) is 0 Å². The van der Waals surface area contributed by atoms with Crippen molar-refractivity contribution in [2.24, 2.45) is 0 Å². The number of anilines is 1. The Labute approximate surface area is 154 Å². The molecule has 2 N–H and O–H groups in total. The van der Waals surface area contributed by atoms with Crippen LogP contribution in [0, 0.1) is 0 Å². The third kappa shape index (κ3) is 3.74. The van der Waals surface area contributed by atoms with Crippen LogP contribution in [0.1, 0.15) is 74.7 Å². The molecule has 1 atom stereocenters. The van der Waals surface area contributed by atoms with E-state index in [0.29, 0.717) is 11.9 Å². The molecule has 1 aromatic carbocycles. The molecule has 2 aliphatic rings. The number of carbonyl (C=O) groups is 1. The second-order valence-electron chi connectivity index (χ2n) is 7.43. The largest absolute Gasteiger partial charge is 0.324 e. The van der Waals surface area contributed by atoms with Crippen LogP contribution in [0.25, 0.3) is 0 Å². The molecule has 0 unspecified atom stereocenters. The molecule has 1 aliphatic heterocycles. The number of hydrogen-bond donors (Lipinski definition) is 2. The standard InChI is InChI=1S/C20H27N5O/c26-20(22-19-21-18(23-24-19)16-11-5-2-6-12-16)25-14-8-7-13-17(25)15-9-3-1-4-10-15/h1,3-4,9-10,16-17H,2,5-8,11-14H2,(H2,21,22,23,24,26)/t17-/m0/s1. The van der Waals surface area contributed by atoms with Crippen LogP contribution in [0.2, 0.25) is 0 Å². The normalized spacial score (nSPS) is 21.5. The van der Waals surface area contributed by atoms with Crippen molar-refractivity contribution in [2.45, 2.75) is 63.3 Å². The average Bonchev–Trinajstić information content (AvgIpc) is 3.18. The van der Waals surface area contributed by atoms with E-state index in [1.54, 1.807) is 0 Å². The van der Waals surface area contributed by atoms with Crippen molar-refractivity contribution in [1.82, 2.24) is 20.1 Å². The summed E-state index contributed by atoms with van der Waals surface area (Å²) in [7, 11) is 0. The first-order valence-corrected chi connectivity index (χ1v) is 9.86. The third-order valence-corrected chi connectivity index (χ3v) is 5.66. The number of H-pyrrole nitrogens is 1. The van der Waals surface area contributed by atoms with E-state index in [-0.39, 0.29) is 12.1 Å². The minimum absolute atomic E-state index is 0.104. The van der Waals surface area contributed by atoms with Crippen LogP contribution in [-0.4, -0.2) is 32.7 Å². The van der Waals surface area contributed by atoms with Crippen LogP contribution in [-0.2, 0) is 0 Å². The first-order valence-electron chi connectivity index (χ1n) is 9.86. The lowest BCUT2D eigenvalue weighted by molar-refractivity contribution is 0.163. The highest BCUT2D eigenvalue weighted by molar-refractivity contribution is 5.87. The number of urea groups is 1. The van der Waals surface area contributed by atoms with E-state index in [2.05, 4.69) is 32.6 Å². The van der Waals surface area contributed by atoms with E-state index >= 15 is 0 Å². The molecule has 0 bridgehead atoms. The first kappa shape index (κ1) is 17.1. The average molecular weight is 353 g/mol. The van der Waals surface area contributed by atoms with Gasteiger partial charge in [-0.3, -0.25) is 10.4 Å². The molecular weight excluding hydrogens is 326 g/mol. The van der Waals surface area contributed by atoms with Gasteiger partial charge >= 0.3 is 6.03 Å². The lowest BCUT2D eigenvalue weighted by Crippen LogP contribution is -2.41. The van der Waals surface area contributed by atoms with Gasteiger partial charge in [-0.1, -0.05) is 49.6 Å². The van der Waals surface area contributed by atoms with Gasteiger partial charge < -0.3 is 4.90 Å². The summed E-state index contributed by atoms with van der Waals surface area (Å²) < 4.78 is 0. The van der Waals surface area contributed by atoms with Gasteiger partial charge in [-0.15, -0.1) is 5.10 Å². The smallest absolute Gasteiger partial charge is 0.317 e. The van der Waals surface area contributed by atoms with Crippen molar-refractivity contribution < 1.29 is 4.79 Å². The number of aromatic amines is 1. The predicted octanol–water partition coefficient (Wildman–Crippen LogP) is 4.61. The Bertz CT molecular complexity index is 723. The predicted molar refractivity (Wildman–Crippen MR) is 101 cm³/mol. The van der Waals surface area contributed by atoms with Crippen LogP contribution >= 0.6 is 0 Å². The second-order valence-corrected chi connectivity index (χ2v) is 7.43. The molecule has 1 saturated carbocycles. The number of carbonyl (C=O) groups excluding carboxylic acids is 1. The highest BCUT2D eigenvalue weighted by Gasteiger charge is 2.29. The Morgan fingerprint density at radius 3 is 2.62 bits per heavy atom. The quantitative estimate of drug-likeness (QED) is 0.846. The fourth-order valence-corrected chi connectivity index (χ4v) is 4.25. The molecule has 4 rings (SSSR count). The van der Waals surface area contributed by atoms with Crippen LogP contribution < -0.4 is 5.32 Å². The lowest BCUT2D eigenvalue weighted by Gasteiger charge is -2.35. The van der Waals surface area contributed by atoms with E-state index < -0.39 is 0 Å². The number of piperidine rings is 1. The van der Waals surface area contributed by atoms with Gasteiger partial charge in [0.05, 0.1) is 6.04 Å². The Balaban J connectivity index is 1.44. The van der Waals surface area contributed by atoms with E-state index in [0.717, 1.165) is 44.5 Å². The first-order chi connectivity index (χ1) is 12.8. The number of likely N-dealkylation sites (tertiary alicyclic amines) is 1. The second kappa shape index (κ2) is 7.89. The number of rotatable bonds is 3. The molecule has 1 aromatic heterocycles. The van der Waals surface area contributed by atoms with Crippen molar-refractivity contribution in [3.63, 3.8) is 0 Å².